The molecule has 2 aromatic rings. The molecule has 1 aromatic heterocycles. The second-order valence-corrected chi connectivity index (χ2v) is 8.27. The molecule has 8 heteroatoms. The van der Waals surface area contributed by atoms with Gasteiger partial charge in [0.05, 0.1) is 6.20 Å². The number of hydrogen-bond acceptors (Lipinski definition) is 3. The van der Waals surface area contributed by atoms with E-state index in [0.29, 0.717) is 18.5 Å². The lowest BCUT2D eigenvalue weighted by Gasteiger charge is -2.17. The Morgan fingerprint density at radius 3 is 2.67 bits per heavy atom. The quantitative estimate of drug-likeness (QED) is 0.848. The van der Waals surface area contributed by atoms with E-state index in [4.69, 9.17) is 11.6 Å². The van der Waals surface area contributed by atoms with E-state index in [-0.39, 0.29) is 15.9 Å². The van der Waals surface area contributed by atoms with E-state index in [0.717, 1.165) is 18.4 Å². The molecule has 1 heterocycles. The third kappa shape index (κ3) is 3.34. The Balaban J connectivity index is 1.81. The highest BCUT2D eigenvalue weighted by molar-refractivity contribution is 7.89. The Hall–Kier alpha value is -1.44. The van der Waals surface area contributed by atoms with Crippen molar-refractivity contribution in [1.82, 2.24) is 14.5 Å². The molecule has 0 radical (unpaired) electrons. The molecule has 1 fully saturated rings. The first-order chi connectivity index (χ1) is 11.3. The second-order valence-electron chi connectivity index (χ2n) is 6.26. The molecular weight excluding hydrogens is 353 g/mol. The Labute approximate surface area is 145 Å². The Morgan fingerprint density at radius 1 is 1.42 bits per heavy atom. The van der Waals surface area contributed by atoms with Crippen LogP contribution in [0.4, 0.5) is 4.39 Å². The highest BCUT2D eigenvalue weighted by atomic mass is 35.5. The molecule has 1 N–H and O–H groups in total. The minimum atomic E-state index is -3.75. The monoisotopic (exact) mass is 371 g/mol. The van der Waals surface area contributed by atoms with Crippen molar-refractivity contribution in [3.05, 3.63) is 46.5 Å². The molecule has 0 spiro atoms. The van der Waals surface area contributed by atoms with E-state index in [1.807, 2.05) is 6.92 Å². The summed E-state index contributed by atoms with van der Waals surface area (Å²) in [5, 5.41) is 4.09. The fraction of sp³-hybridized carbons (Fsp3) is 0.438. The van der Waals surface area contributed by atoms with Crippen LogP contribution in [0.2, 0.25) is 5.15 Å². The SMILES string of the molecule is CCn1ncc(S(=O)(=O)NC2(Cc3ccc(F)c(C)c3)CC2)c1Cl. The van der Waals surface area contributed by atoms with Crippen molar-refractivity contribution in [3.63, 3.8) is 0 Å². The zero-order valence-electron chi connectivity index (χ0n) is 13.5. The summed E-state index contributed by atoms with van der Waals surface area (Å²) in [5.74, 6) is -0.261. The number of hydrogen-bond donors (Lipinski definition) is 1. The number of sulfonamides is 1. The Bertz CT molecular complexity index is 875. The number of benzene rings is 1. The molecule has 0 unspecified atom stereocenters. The zero-order valence-corrected chi connectivity index (χ0v) is 15.1. The van der Waals surface area contributed by atoms with Crippen LogP contribution < -0.4 is 4.72 Å². The number of aryl methyl sites for hydroxylation is 2. The van der Waals surface area contributed by atoms with Crippen LogP contribution in [0.25, 0.3) is 0 Å². The lowest BCUT2D eigenvalue weighted by Crippen LogP contribution is -2.38. The first kappa shape index (κ1) is 17.4. The molecule has 0 saturated heterocycles. The van der Waals surface area contributed by atoms with Gasteiger partial charge in [0.15, 0.2) is 0 Å². The van der Waals surface area contributed by atoms with Gasteiger partial charge in [-0.3, -0.25) is 4.68 Å². The molecule has 1 aliphatic rings. The summed E-state index contributed by atoms with van der Waals surface area (Å²) in [6.07, 6.45) is 3.27. The normalized spacial score (nSPS) is 16.3. The molecule has 24 heavy (non-hydrogen) atoms. The lowest BCUT2D eigenvalue weighted by molar-refractivity contribution is 0.538. The van der Waals surface area contributed by atoms with Gasteiger partial charge in [-0.15, -0.1) is 0 Å². The highest BCUT2D eigenvalue weighted by Crippen LogP contribution is 2.40. The number of aromatic nitrogens is 2. The van der Waals surface area contributed by atoms with Crippen LogP contribution in [0.15, 0.2) is 29.3 Å². The molecule has 130 valence electrons. The molecule has 0 bridgehead atoms. The smallest absolute Gasteiger partial charge is 0.245 e. The second kappa shape index (κ2) is 6.13. The average molecular weight is 372 g/mol. The van der Waals surface area contributed by atoms with Crippen molar-refractivity contribution in [2.45, 2.75) is 50.1 Å². The van der Waals surface area contributed by atoms with Gasteiger partial charge < -0.3 is 0 Å². The van der Waals surface area contributed by atoms with Gasteiger partial charge in [0, 0.05) is 12.1 Å². The summed E-state index contributed by atoms with van der Waals surface area (Å²) in [7, 11) is -3.75. The maximum absolute atomic E-state index is 13.4. The van der Waals surface area contributed by atoms with E-state index in [9.17, 15) is 12.8 Å². The van der Waals surface area contributed by atoms with E-state index in [1.165, 1.54) is 16.9 Å². The Morgan fingerprint density at radius 2 is 2.12 bits per heavy atom. The van der Waals surface area contributed by atoms with Gasteiger partial charge in [0.2, 0.25) is 10.0 Å². The number of nitrogens with zero attached hydrogens (tertiary/aromatic N) is 2. The standard InChI is InChI=1S/C16H19ClFN3O2S/c1-3-21-15(17)14(10-19-21)24(22,23)20-16(6-7-16)9-12-4-5-13(18)11(2)8-12/h4-5,8,10,20H,3,6-7,9H2,1-2H3. The third-order valence-corrected chi connectivity index (χ3v) is 6.39. The summed E-state index contributed by atoms with van der Waals surface area (Å²) in [5.41, 5.74) is 0.934. The van der Waals surface area contributed by atoms with Crippen molar-refractivity contribution in [3.8, 4) is 0 Å². The predicted octanol–water partition coefficient (Wildman–Crippen LogP) is 3.06. The highest BCUT2D eigenvalue weighted by Gasteiger charge is 2.46. The van der Waals surface area contributed by atoms with Gasteiger partial charge >= 0.3 is 0 Å². The minimum Gasteiger partial charge on any atom is -0.253 e. The van der Waals surface area contributed by atoms with Gasteiger partial charge in [0.25, 0.3) is 0 Å². The number of nitrogens with one attached hydrogen (secondary N) is 1. The molecule has 1 saturated carbocycles. The molecule has 1 aliphatic carbocycles. The van der Waals surface area contributed by atoms with Gasteiger partial charge in [0.1, 0.15) is 15.9 Å². The molecular formula is C16H19ClFN3O2S. The van der Waals surface area contributed by atoms with Crippen molar-refractivity contribution < 1.29 is 12.8 Å². The Kier molecular flexibility index (Phi) is 4.44. The largest absolute Gasteiger partial charge is 0.253 e. The summed E-state index contributed by atoms with van der Waals surface area (Å²) in [6, 6.07) is 4.86. The third-order valence-electron chi connectivity index (χ3n) is 4.30. The fourth-order valence-electron chi connectivity index (χ4n) is 2.77. The molecule has 1 aromatic carbocycles. The topological polar surface area (TPSA) is 64.0 Å². The van der Waals surface area contributed by atoms with Crippen LogP contribution in [0, 0.1) is 12.7 Å². The summed E-state index contributed by atoms with van der Waals surface area (Å²) in [4.78, 5) is -0.00687. The minimum absolute atomic E-state index is 0.00687. The molecule has 0 amide bonds. The van der Waals surface area contributed by atoms with Crippen LogP contribution in [0.1, 0.15) is 30.9 Å². The van der Waals surface area contributed by atoms with Crippen molar-refractivity contribution in [2.24, 2.45) is 0 Å². The van der Waals surface area contributed by atoms with Gasteiger partial charge in [-0.05, 0) is 50.3 Å². The van der Waals surface area contributed by atoms with Crippen LogP contribution in [0.3, 0.4) is 0 Å². The molecule has 0 aliphatic heterocycles. The maximum atomic E-state index is 13.4. The van der Waals surface area contributed by atoms with Crippen molar-refractivity contribution in [1.29, 1.82) is 0 Å². The van der Waals surface area contributed by atoms with Crippen LogP contribution in [-0.4, -0.2) is 23.7 Å². The van der Waals surface area contributed by atoms with Crippen LogP contribution >= 0.6 is 11.6 Å². The average Bonchev–Trinajstić information content (AvgIpc) is 3.12. The van der Waals surface area contributed by atoms with E-state index >= 15 is 0 Å². The maximum Gasteiger partial charge on any atom is 0.245 e. The van der Waals surface area contributed by atoms with Gasteiger partial charge in [-0.25, -0.2) is 17.5 Å². The summed E-state index contributed by atoms with van der Waals surface area (Å²) < 4.78 is 42.9. The lowest BCUT2D eigenvalue weighted by atomic mass is 10.0. The first-order valence-electron chi connectivity index (χ1n) is 7.77. The van der Waals surface area contributed by atoms with E-state index < -0.39 is 15.6 Å². The van der Waals surface area contributed by atoms with E-state index in [1.54, 1.807) is 19.1 Å². The predicted molar refractivity (Wildman–Crippen MR) is 90.0 cm³/mol. The summed E-state index contributed by atoms with van der Waals surface area (Å²) >= 11 is 6.10. The zero-order chi connectivity index (χ0) is 17.5. The van der Waals surface area contributed by atoms with E-state index in [2.05, 4.69) is 9.82 Å². The van der Waals surface area contributed by atoms with Crippen LogP contribution in [-0.2, 0) is 23.0 Å². The van der Waals surface area contributed by atoms with Gasteiger partial charge in [-0.2, -0.15) is 5.10 Å². The first-order valence-corrected chi connectivity index (χ1v) is 9.63. The molecule has 5 nitrogen and oxygen atoms in total. The van der Waals surface area contributed by atoms with Crippen molar-refractivity contribution >= 4 is 21.6 Å². The number of rotatable bonds is 6. The molecule has 3 rings (SSSR count). The number of halogens is 2. The summed E-state index contributed by atoms with van der Waals surface area (Å²) in [6.45, 7) is 4.03. The van der Waals surface area contributed by atoms with Crippen molar-refractivity contribution in [2.75, 3.05) is 0 Å². The van der Waals surface area contributed by atoms with Crippen LogP contribution in [0.5, 0.6) is 0 Å². The fourth-order valence-corrected chi connectivity index (χ4v) is 4.75. The molecule has 0 atom stereocenters. The van der Waals surface area contributed by atoms with Gasteiger partial charge in [-0.1, -0.05) is 23.7 Å².